The molecule has 7 nitrogen and oxygen atoms in total. The van der Waals surface area contributed by atoms with Crippen molar-refractivity contribution in [1.29, 1.82) is 0 Å². The molecular formula is C25H28ClN5O2S. The van der Waals surface area contributed by atoms with E-state index in [9.17, 15) is 4.79 Å². The Balaban J connectivity index is 1.74. The molecule has 2 N–H and O–H groups in total. The van der Waals surface area contributed by atoms with Crippen LogP contribution in [0.5, 0.6) is 0 Å². The molecule has 1 aliphatic heterocycles. The Labute approximate surface area is 210 Å². The van der Waals surface area contributed by atoms with E-state index < -0.39 is 0 Å². The van der Waals surface area contributed by atoms with E-state index in [1.807, 2.05) is 62.5 Å². The van der Waals surface area contributed by atoms with Crippen LogP contribution in [-0.2, 0) is 16.1 Å². The van der Waals surface area contributed by atoms with Crippen LogP contribution in [0, 0.1) is 5.92 Å². The monoisotopic (exact) mass is 497 g/mol. The van der Waals surface area contributed by atoms with E-state index in [1.165, 1.54) is 0 Å². The summed E-state index contributed by atoms with van der Waals surface area (Å²) in [5, 5.41) is 7.36. The number of anilines is 2. The second kappa shape index (κ2) is 10.5. The van der Waals surface area contributed by atoms with E-state index in [0.29, 0.717) is 29.0 Å². The highest BCUT2D eigenvalue weighted by atomic mass is 35.5. The highest BCUT2D eigenvalue weighted by molar-refractivity contribution is 7.80. The molecule has 34 heavy (non-hydrogen) atoms. The van der Waals surface area contributed by atoms with Crippen LogP contribution in [0.1, 0.15) is 37.3 Å². The Bertz CT molecular complexity index is 1170. The number of pyridine rings is 1. The number of nitrogens with one attached hydrogen (secondary N) is 2. The van der Waals surface area contributed by atoms with E-state index in [4.69, 9.17) is 28.6 Å². The summed E-state index contributed by atoms with van der Waals surface area (Å²) in [6, 6.07) is 15.2. The van der Waals surface area contributed by atoms with Gasteiger partial charge in [-0.15, -0.1) is 0 Å². The van der Waals surface area contributed by atoms with Gasteiger partial charge in [0.25, 0.3) is 0 Å². The predicted molar refractivity (Wildman–Crippen MR) is 139 cm³/mol. The molecule has 0 bridgehead atoms. The van der Waals surface area contributed by atoms with Gasteiger partial charge in [0.1, 0.15) is 6.04 Å². The summed E-state index contributed by atoms with van der Waals surface area (Å²) < 4.78 is 7.49. The number of thiocarbonyl (C=S) groups is 1. The normalized spacial score (nSPS) is 17.8. The van der Waals surface area contributed by atoms with Crippen molar-refractivity contribution in [1.82, 2.24) is 14.9 Å². The first-order valence-corrected chi connectivity index (χ1v) is 11.9. The lowest BCUT2D eigenvalue weighted by Gasteiger charge is -2.29. The van der Waals surface area contributed by atoms with Crippen molar-refractivity contribution in [3.8, 4) is 0 Å². The number of hydrogen-bond acceptors (Lipinski definition) is 4. The Hall–Kier alpha value is -2.94. The molecule has 0 saturated carbocycles. The number of amides is 1. The largest absolute Gasteiger partial charge is 0.383 e. The second-order valence-corrected chi connectivity index (χ2v) is 9.22. The zero-order valence-corrected chi connectivity index (χ0v) is 20.9. The number of benzene rings is 1. The molecule has 1 fully saturated rings. The maximum absolute atomic E-state index is 12.2. The van der Waals surface area contributed by atoms with Gasteiger partial charge in [0.05, 0.1) is 29.1 Å². The second-order valence-electron chi connectivity index (χ2n) is 8.42. The van der Waals surface area contributed by atoms with Gasteiger partial charge in [0.2, 0.25) is 5.91 Å². The van der Waals surface area contributed by atoms with Crippen LogP contribution in [-0.4, -0.2) is 34.3 Å². The van der Waals surface area contributed by atoms with Gasteiger partial charge in [0, 0.05) is 43.3 Å². The van der Waals surface area contributed by atoms with Crippen LogP contribution >= 0.6 is 23.8 Å². The zero-order chi connectivity index (χ0) is 24.2. The van der Waals surface area contributed by atoms with Crippen molar-refractivity contribution in [2.24, 2.45) is 5.92 Å². The van der Waals surface area contributed by atoms with E-state index in [0.717, 1.165) is 17.1 Å². The fraction of sp³-hybridized carbons (Fsp3) is 0.320. The van der Waals surface area contributed by atoms with Crippen LogP contribution < -0.4 is 15.5 Å². The van der Waals surface area contributed by atoms with Gasteiger partial charge >= 0.3 is 0 Å². The summed E-state index contributed by atoms with van der Waals surface area (Å²) in [6.45, 7) is 4.99. The van der Waals surface area contributed by atoms with E-state index in [1.54, 1.807) is 13.3 Å². The number of aromatic nitrogens is 2. The quantitative estimate of drug-likeness (QED) is 0.429. The van der Waals surface area contributed by atoms with Gasteiger partial charge < -0.3 is 24.8 Å². The molecule has 0 spiro atoms. The predicted octanol–water partition coefficient (Wildman–Crippen LogP) is 4.95. The lowest BCUT2D eigenvalue weighted by atomic mass is 10.0. The Morgan fingerprint density at radius 2 is 2.09 bits per heavy atom. The number of carbonyl (C=O) groups excluding carboxylic acids is 1. The van der Waals surface area contributed by atoms with Gasteiger partial charge in [-0.25, -0.2) is 0 Å². The van der Waals surface area contributed by atoms with Crippen molar-refractivity contribution in [3.05, 3.63) is 77.3 Å². The molecule has 2 atom stereocenters. The molecule has 178 valence electrons. The van der Waals surface area contributed by atoms with Crippen LogP contribution in [0.15, 0.2) is 60.9 Å². The number of methoxy groups -OCH3 is 1. The average Bonchev–Trinajstić information content (AvgIpc) is 3.43. The fourth-order valence-electron chi connectivity index (χ4n) is 4.05. The molecule has 3 aromatic rings. The summed E-state index contributed by atoms with van der Waals surface area (Å²) >= 11 is 12.4. The molecule has 1 amide bonds. The third-order valence-corrected chi connectivity index (χ3v) is 6.44. The lowest BCUT2D eigenvalue weighted by Crippen LogP contribution is -2.30. The number of halogens is 1. The summed E-state index contributed by atoms with van der Waals surface area (Å²) in [6.07, 6.45) is 3.83. The number of carbonyl (C=O) groups is 1. The van der Waals surface area contributed by atoms with Crippen molar-refractivity contribution in [2.75, 3.05) is 23.9 Å². The zero-order valence-electron chi connectivity index (χ0n) is 19.4. The molecule has 2 aromatic heterocycles. The molecule has 3 heterocycles. The highest BCUT2D eigenvalue weighted by Crippen LogP contribution is 2.42. The standard InChI is InChI=1S/C25H28ClN5O2S/c1-16(2)24(32)28-19-10-9-17(15-18(19)26)31-23(21-8-6-12-30(21)13-14-33-3)22(29-25(31)34)20-7-4-5-11-27-20/h4-12,15-16,22-23H,13-14H2,1-3H3,(H,28,32)(H,29,34)/t22-,23+/m0/s1. The molecular weight excluding hydrogens is 470 g/mol. The average molecular weight is 498 g/mol. The molecule has 1 aromatic carbocycles. The van der Waals surface area contributed by atoms with Crippen LogP contribution in [0.3, 0.4) is 0 Å². The maximum atomic E-state index is 12.2. The Morgan fingerprint density at radius 3 is 2.76 bits per heavy atom. The summed E-state index contributed by atoms with van der Waals surface area (Å²) in [5.74, 6) is -0.230. The maximum Gasteiger partial charge on any atom is 0.226 e. The minimum absolute atomic E-state index is 0.0860. The molecule has 4 rings (SSSR count). The SMILES string of the molecule is COCCn1cccc1[C@@H]1[C@H](c2ccccn2)NC(=S)N1c1ccc(NC(=O)C(C)C)c(Cl)c1. The molecule has 0 aliphatic carbocycles. The first-order chi connectivity index (χ1) is 16.4. The summed E-state index contributed by atoms with van der Waals surface area (Å²) in [7, 11) is 1.69. The first-order valence-electron chi connectivity index (χ1n) is 11.2. The van der Waals surface area contributed by atoms with Gasteiger partial charge in [-0.05, 0) is 54.7 Å². The third kappa shape index (κ3) is 4.94. The lowest BCUT2D eigenvalue weighted by molar-refractivity contribution is -0.118. The van der Waals surface area contributed by atoms with E-state index in [-0.39, 0.29) is 23.9 Å². The van der Waals surface area contributed by atoms with Crippen molar-refractivity contribution in [2.45, 2.75) is 32.5 Å². The van der Waals surface area contributed by atoms with Crippen LogP contribution in [0.2, 0.25) is 5.02 Å². The van der Waals surface area contributed by atoms with Gasteiger partial charge in [-0.3, -0.25) is 9.78 Å². The number of hydrogen-bond donors (Lipinski definition) is 2. The topological polar surface area (TPSA) is 71.4 Å². The number of ether oxygens (including phenoxy) is 1. The van der Waals surface area contributed by atoms with Crippen LogP contribution in [0.4, 0.5) is 11.4 Å². The molecule has 0 unspecified atom stereocenters. The van der Waals surface area contributed by atoms with Gasteiger partial charge in [-0.2, -0.15) is 0 Å². The van der Waals surface area contributed by atoms with Crippen LogP contribution in [0.25, 0.3) is 0 Å². The van der Waals surface area contributed by atoms with Gasteiger partial charge in [0.15, 0.2) is 5.11 Å². The van der Waals surface area contributed by atoms with Crippen molar-refractivity contribution >= 4 is 46.2 Å². The first kappa shape index (κ1) is 24.2. The molecule has 0 radical (unpaired) electrons. The summed E-state index contributed by atoms with van der Waals surface area (Å²) in [5.41, 5.74) is 3.37. The third-order valence-electron chi connectivity index (χ3n) is 5.82. The Morgan fingerprint density at radius 1 is 1.26 bits per heavy atom. The Kier molecular flexibility index (Phi) is 7.50. The minimum Gasteiger partial charge on any atom is -0.383 e. The summed E-state index contributed by atoms with van der Waals surface area (Å²) in [4.78, 5) is 18.8. The highest BCUT2D eigenvalue weighted by Gasteiger charge is 2.42. The molecule has 1 aliphatic rings. The smallest absolute Gasteiger partial charge is 0.226 e. The minimum atomic E-state index is -0.165. The van der Waals surface area contributed by atoms with E-state index >= 15 is 0 Å². The number of nitrogens with zero attached hydrogens (tertiary/aromatic N) is 3. The van der Waals surface area contributed by atoms with Gasteiger partial charge in [-0.1, -0.05) is 31.5 Å². The number of rotatable bonds is 8. The van der Waals surface area contributed by atoms with Crippen molar-refractivity contribution < 1.29 is 9.53 Å². The fourth-order valence-corrected chi connectivity index (χ4v) is 4.62. The van der Waals surface area contributed by atoms with Crippen molar-refractivity contribution in [3.63, 3.8) is 0 Å². The molecule has 1 saturated heterocycles. The van der Waals surface area contributed by atoms with E-state index in [2.05, 4.69) is 31.2 Å². The molecule has 9 heteroatoms.